The normalized spacial score (nSPS) is 24.4. The Labute approximate surface area is 99.1 Å². The smallest absolute Gasteiger partial charge is 0.182 e. The lowest BCUT2D eigenvalue weighted by molar-refractivity contribution is 0.602. The predicted octanol–water partition coefficient (Wildman–Crippen LogP) is 1.20. The second kappa shape index (κ2) is 3.89. The average molecular weight is 261 g/mol. The number of hydrogen-bond acceptors (Lipinski definition) is 6. The first kappa shape index (κ1) is 11.7. The molecule has 1 fully saturated rings. The van der Waals surface area contributed by atoms with Gasteiger partial charge in [0.25, 0.3) is 0 Å². The monoisotopic (exact) mass is 261 g/mol. The topological polar surface area (TPSA) is 85.1 Å². The molecule has 2 unspecified atom stereocenters. The number of nitrogen functional groups attached to an aromatic ring is 1. The summed E-state index contributed by atoms with van der Waals surface area (Å²) < 4.78 is 26.9. The Balaban J connectivity index is 2.15. The van der Waals surface area contributed by atoms with Crippen molar-refractivity contribution >= 4 is 32.2 Å². The summed E-state index contributed by atoms with van der Waals surface area (Å²) in [5.41, 5.74) is 5.56. The van der Waals surface area contributed by atoms with Gasteiger partial charge in [-0.25, -0.2) is 8.42 Å². The fourth-order valence-corrected chi connectivity index (χ4v) is 3.75. The van der Waals surface area contributed by atoms with E-state index in [0.29, 0.717) is 10.9 Å². The Hall–Kier alpha value is -0.820. The largest absolute Gasteiger partial charge is 0.382 e. The minimum Gasteiger partial charge on any atom is -0.382 e. The molecule has 5 nitrogen and oxygen atoms in total. The molecule has 1 aliphatic carbocycles. The van der Waals surface area contributed by atoms with Crippen molar-refractivity contribution in [1.82, 2.24) is 4.37 Å². The van der Waals surface area contributed by atoms with Gasteiger partial charge < -0.3 is 11.1 Å². The van der Waals surface area contributed by atoms with Gasteiger partial charge in [0.2, 0.25) is 0 Å². The van der Waals surface area contributed by atoms with Gasteiger partial charge in [-0.05, 0) is 29.8 Å². The van der Waals surface area contributed by atoms with E-state index in [0.717, 1.165) is 30.3 Å². The SMILES string of the molecule is CC1CC1CNc1snc(N)c1S(C)(=O)=O. The van der Waals surface area contributed by atoms with Crippen molar-refractivity contribution in [3.8, 4) is 0 Å². The fraction of sp³-hybridized carbons (Fsp3) is 0.667. The Morgan fingerprint density at radius 2 is 2.25 bits per heavy atom. The molecule has 7 heteroatoms. The zero-order chi connectivity index (χ0) is 11.9. The zero-order valence-electron chi connectivity index (χ0n) is 9.23. The van der Waals surface area contributed by atoms with Gasteiger partial charge in [-0.3, -0.25) is 0 Å². The predicted molar refractivity (Wildman–Crippen MR) is 65.4 cm³/mol. The number of nitrogens with two attached hydrogens (primary N) is 1. The summed E-state index contributed by atoms with van der Waals surface area (Å²) >= 11 is 1.11. The molecule has 0 radical (unpaired) electrons. The Bertz CT molecular complexity index is 495. The Morgan fingerprint density at radius 1 is 1.62 bits per heavy atom. The number of anilines is 2. The van der Waals surface area contributed by atoms with E-state index in [1.54, 1.807) is 0 Å². The summed E-state index contributed by atoms with van der Waals surface area (Å²) in [6.07, 6.45) is 2.35. The third-order valence-electron chi connectivity index (χ3n) is 2.85. The van der Waals surface area contributed by atoms with Gasteiger partial charge in [0.15, 0.2) is 15.7 Å². The molecule has 1 heterocycles. The highest BCUT2D eigenvalue weighted by atomic mass is 32.2. The van der Waals surface area contributed by atoms with Crippen molar-refractivity contribution in [1.29, 1.82) is 0 Å². The standard InChI is InChI=1S/C9H15N3O2S2/c1-5-3-6(5)4-11-9-7(16(2,13)14)8(10)12-15-9/h5-6,11H,3-4H2,1-2H3,(H2,10,12). The van der Waals surface area contributed by atoms with Crippen LogP contribution in [0.1, 0.15) is 13.3 Å². The molecular formula is C9H15N3O2S2. The second-order valence-corrected chi connectivity index (χ2v) is 7.08. The van der Waals surface area contributed by atoms with Crippen LogP contribution >= 0.6 is 11.5 Å². The Kier molecular flexibility index (Phi) is 2.83. The molecule has 1 aliphatic rings. The molecule has 2 atom stereocenters. The van der Waals surface area contributed by atoms with Crippen molar-refractivity contribution in [3.63, 3.8) is 0 Å². The van der Waals surface area contributed by atoms with Crippen molar-refractivity contribution in [2.75, 3.05) is 23.9 Å². The van der Waals surface area contributed by atoms with Gasteiger partial charge in [0.05, 0.1) is 0 Å². The minimum atomic E-state index is -3.30. The molecule has 16 heavy (non-hydrogen) atoms. The highest BCUT2D eigenvalue weighted by molar-refractivity contribution is 7.91. The number of aromatic nitrogens is 1. The summed E-state index contributed by atoms with van der Waals surface area (Å²) in [6.45, 7) is 2.98. The van der Waals surface area contributed by atoms with Crippen LogP contribution in [0.25, 0.3) is 0 Å². The summed E-state index contributed by atoms with van der Waals surface area (Å²) in [6, 6.07) is 0. The summed E-state index contributed by atoms with van der Waals surface area (Å²) in [7, 11) is -3.30. The summed E-state index contributed by atoms with van der Waals surface area (Å²) in [5, 5.41) is 3.70. The minimum absolute atomic E-state index is 0.0962. The van der Waals surface area contributed by atoms with Gasteiger partial charge in [-0.1, -0.05) is 6.92 Å². The first-order valence-electron chi connectivity index (χ1n) is 5.08. The molecule has 0 aromatic carbocycles. The van der Waals surface area contributed by atoms with Crippen LogP contribution in [0.15, 0.2) is 4.90 Å². The quantitative estimate of drug-likeness (QED) is 0.850. The lowest BCUT2D eigenvalue weighted by atomic mass is 10.3. The van der Waals surface area contributed by atoms with Crippen molar-refractivity contribution in [2.24, 2.45) is 11.8 Å². The second-order valence-electron chi connectivity index (χ2n) is 4.35. The maximum Gasteiger partial charge on any atom is 0.182 e. The van der Waals surface area contributed by atoms with E-state index < -0.39 is 9.84 Å². The molecule has 0 saturated heterocycles. The molecule has 1 aromatic heterocycles. The van der Waals surface area contributed by atoms with Gasteiger partial charge in [0.1, 0.15) is 9.90 Å². The van der Waals surface area contributed by atoms with E-state index in [1.165, 1.54) is 6.42 Å². The van der Waals surface area contributed by atoms with Crippen LogP contribution in [0.3, 0.4) is 0 Å². The van der Waals surface area contributed by atoms with Crippen LogP contribution in [-0.2, 0) is 9.84 Å². The van der Waals surface area contributed by atoms with Crippen LogP contribution in [0.4, 0.5) is 10.8 Å². The molecule has 1 saturated carbocycles. The molecule has 0 aliphatic heterocycles. The molecule has 3 N–H and O–H groups in total. The molecular weight excluding hydrogens is 246 g/mol. The molecule has 2 rings (SSSR count). The van der Waals surface area contributed by atoms with E-state index in [1.807, 2.05) is 0 Å². The molecule has 0 amide bonds. The zero-order valence-corrected chi connectivity index (χ0v) is 10.9. The van der Waals surface area contributed by atoms with E-state index in [-0.39, 0.29) is 10.7 Å². The highest BCUT2D eigenvalue weighted by Gasteiger charge is 2.32. The first-order chi connectivity index (χ1) is 7.39. The van der Waals surface area contributed by atoms with Gasteiger partial charge in [-0.15, -0.1) is 0 Å². The maximum absolute atomic E-state index is 11.5. The van der Waals surface area contributed by atoms with Crippen LogP contribution in [0, 0.1) is 11.8 Å². The van der Waals surface area contributed by atoms with Gasteiger partial charge in [0, 0.05) is 12.8 Å². The summed E-state index contributed by atoms with van der Waals surface area (Å²) in [5.74, 6) is 1.48. The third kappa shape index (κ3) is 2.30. The van der Waals surface area contributed by atoms with Crippen LogP contribution < -0.4 is 11.1 Å². The molecule has 0 bridgehead atoms. The van der Waals surface area contributed by atoms with Gasteiger partial charge >= 0.3 is 0 Å². The van der Waals surface area contributed by atoms with Crippen LogP contribution in [0.5, 0.6) is 0 Å². The third-order valence-corrected chi connectivity index (χ3v) is 4.95. The first-order valence-corrected chi connectivity index (χ1v) is 7.75. The Morgan fingerprint density at radius 3 is 2.75 bits per heavy atom. The van der Waals surface area contributed by atoms with Crippen molar-refractivity contribution in [2.45, 2.75) is 18.2 Å². The van der Waals surface area contributed by atoms with Crippen LogP contribution in [0.2, 0.25) is 0 Å². The van der Waals surface area contributed by atoms with E-state index >= 15 is 0 Å². The fourth-order valence-electron chi connectivity index (χ4n) is 1.67. The maximum atomic E-state index is 11.5. The van der Waals surface area contributed by atoms with Crippen LogP contribution in [-0.4, -0.2) is 25.6 Å². The average Bonchev–Trinajstić information content (AvgIpc) is 2.70. The number of nitrogens with one attached hydrogen (secondary N) is 1. The molecule has 90 valence electrons. The van der Waals surface area contributed by atoms with Crippen molar-refractivity contribution in [3.05, 3.63) is 0 Å². The number of sulfone groups is 1. The van der Waals surface area contributed by atoms with Crippen molar-refractivity contribution < 1.29 is 8.42 Å². The van der Waals surface area contributed by atoms with E-state index in [4.69, 9.17) is 5.73 Å². The molecule has 0 spiro atoms. The summed E-state index contributed by atoms with van der Waals surface area (Å²) in [4.78, 5) is 0.144. The van der Waals surface area contributed by atoms with E-state index in [2.05, 4.69) is 16.6 Å². The lowest BCUT2D eigenvalue weighted by Gasteiger charge is -2.04. The highest BCUT2D eigenvalue weighted by Crippen LogP contribution is 2.39. The number of nitrogens with zero attached hydrogens (tertiary/aromatic N) is 1. The number of rotatable bonds is 4. The lowest BCUT2D eigenvalue weighted by Crippen LogP contribution is -2.08. The van der Waals surface area contributed by atoms with E-state index in [9.17, 15) is 8.42 Å². The number of hydrogen-bond donors (Lipinski definition) is 2. The van der Waals surface area contributed by atoms with Gasteiger partial charge in [-0.2, -0.15) is 4.37 Å². The molecule has 1 aromatic rings.